The van der Waals surface area contributed by atoms with Gasteiger partial charge in [-0.05, 0) is 61.7 Å². The molecular formula is C22H27ClN2O2. The van der Waals surface area contributed by atoms with Crippen molar-refractivity contribution >= 4 is 17.5 Å². The Morgan fingerprint density at radius 2 is 1.89 bits per heavy atom. The number of benzene rings is 2. The van der Waals surface area contributed by atoms with Crippen molar-refractivity contribution in [2.45, 2.75) is 45.4 Å². The monoisotopic (exact) mass is 386 g/mol. The van der Waals surface area contributed by atoms with Crippen LogP contribution in [0.1, 0.15) is 37.3 Å². The van der Waals surface area contributed by atoms with Gasteiger partial charge in [-0.15, -0.1) is 0 Å². The molecule has 1 N–H and O–H groups in total. The molecule has 0 saturated carbocycles. The summed E-state index contributed by atoms with van der Waals surface area (Å²) in [4.78, 5) is 15.0. The zero-order valence-corrected chi connectivity index (χ0v) is 16.5. The number of hydrogen-bond donors (Lipinski definition) is 1. The van der Waals surface area contributed by atoms with Gasteiger partial charge in [0.2, 0.25) is 0 Å². The predicted octanol–water partition coefficient (Wildman–Crippen LogP) is 4.41. The van der Waals surface area contributed by atoms with Crippen LogP contribution in [0.5, 0.6) is 5.75 Å². The number of carbonyl (C=O) groups excluding carboxylic acids is 1. The highest BCUT2D eigenvalue weighted by Gasteiger charge is 2.18. The number of carbonyl (C=O) groups is 1. The molecule has 0 unspecified atom stereocenters. The van der Waals surface area contributed by atoms with Gasteiger partial charge in [0.25, 0.3) is 5.91 Å². The average Bonchev–Trinajstić information content (AvgIpc) is 3.17. The molecule has 27 heavy (non-hydrogen) atoms. The van der Waals surface area contributed by atoms with E-state index in [4.69, 9.17) is 16.3 Å². The van der Waals surface area contributed by atoms with Crippen LogP contribution < -0.4 is 10.1 Å². The summed E-state index contributed by atoms with van der Waals surface area (Å²) in [5.74, 6) is 0.500. The number of rotatable bonds is 8. The Bertz CT molecular complexity index is 759. The Labute approximate surface area is 166 Å². The van der Waals surface area contributed by atoms with Crippen LogP contribution in [-0.4, -0.2) is 30.0 Å². The van der Waals surface area contributed by atoms with E-state index >= 15 is 0 Å². The molecule has 1 fully saturated rings. The maximum atomic E-state index is 12.5. The molecule has 0 aromatic heterocycles. The van der Waals surface area contributed by atoms with Gasteiger partial charge in [0.1, 0.15) is 5.75 Å². The highest BCUT2D eigenvalue weighted by atomic mass is 35.5. The van der Waals surface area contributed by atoms with E-state index < -0.39 is 6.10 Å². The van der Waals surface area contributed by atoms with Crippen LogP contribution in [0, 0.1) is 0 Å². The normalized spacial score (nSPS) is 15.5. The van der Waals surface area contributed by atoms with Crippen LogP contribution >= 0.6 is 11.6 Å². The zero-order chi connectivity index (χ0) is 19.1. The standard InChI is InChI=1S/C22H27ClN2O2/c1-2-21(27-20-10-6-9-19(23)14-20)22(26)24-15-17-7-5-8-18(13-17)16-25-11-3-4-12-25/h5-10,13-14,21H,2-4,11-12,15-16H2,1H3,(H,24,26)/t21-/m0/s1. The summed E-state index contributed by atoms with van der Waals surface area (Å²) in [5.41, 5.74) is 2.41. The minimum absolute atomic E-state index is 0.109. The van der Waals surface area contributed by atoms with E-state index in [9.17, 15) is 4.79 Å². The molecule has 1 saturated heterocycles. The molecule has 0 radical (unpaired) electrons. The molecule has 2 aromatic rings. The Morgan fingerprint density at radius 1 is 1.15 bits per heavy atom. The number of hydrogen-bond acceptors (Lipinski definition) is 3. The van der Waals surface area contributed by atoms with Crippen molar-refractivity contribution in [3.8, 4) is 5.75 Å². The predicted molar refractivity (Wildman–Crippen MR) is 109 cm³/mol. The molecule has 0 spiro atoms. The molecule has 1 heterocycles. The van der Waals surface area contributed by atoms with Crippen molar-refractivity contribution in [3.05, 3.63) is 64.7 Å². The Morgan fingerprint density at radius 3 is 2.63 bits per heavy atom. The van der Waals surface area contributed by atoms with Gasteiger partial charge in [0.05, 0.1) is 0 Å². The van der Waals surface area contributed by atoms with Crippen LogP contribution in [0.25, 0.3) is 0 Å². The quantitative estimate of drug-likeness (QED) is 0.730. The Balaban J connectivity index is 1.54. The van der Waals surface area contributed by atoms with E-state index in [2.05, 4.69) is 28.4 Å². The lowest BCUT2D eigenvalue weighted by Crippen LogP contribution is -2.37. The van der Waals surface area contributed by atoms with Crippen molar-refractivity contribution in [2.75, 3.05) is 13.1 Å². The van der Waals surface area contributed by atoms with E-state index in [1.807, 2.05) is 25.1 Å². The molecule has 0 aliphatic carbocycles. The summed E-state index contributed by atoms with van der Waals surface area (Å²) in [7, 11) is 0. The number of nitrogens with zero attached hydrogens (tertiary/aromatic N) is 1. The first-order chi connectivity index (χ1) is 13.1. The van der Waals surface area contributed by atoms with Gasteiger partial charge < -0.3 is 10.1 Å². The summed E-state index contributed by atoms with van der Waals surface area (Å²) in [5, 5.41) is 3.59. The summed E-state index contributed by atoms with van der Waals surface area (Å²) in [6.45, 7) is 5.78. The van der Waals surface area contributed by atoms with Crippen molar-refractivity contribution < 1.29 is 9.53 Å². The fraction of sp³-hybridized carbons (Fsp3) is 0.409. The van der Waals surface area contributed by atoms with Crippen LogP contribution in [0.2, 0.25) is 5.02 Å². The van der Waals surface area contributed by atoms with Gasteiger partial charge in [-0.3, -0.25) is 9.69 Å². The van der Waals surface area contributed by atoms with E-state index in [0.717, 1.165) is 12.1 Å². The lowest BCUT2D eigenvalue weighted by atomic mass is 10.1. The Hall–Kier alpha value is -2.04. The molecule has 3 rings (SSSR count). The number of halogens is 1. The maximum Gasteiger partial charge on any atom is 0.261 e. The highest BCUT2D eigenvalue weighted by Crippen LogP contribution is 2.19. The summed E-state index contributed by atoms with van der Waals surface area (Å²) >= 11 is 5.98. The summed E-state index contributed by atoms with van der Waals surface area (Å²) in [6.07, 6.45) is 2.64. The lowest BCUT2D eigenvalue weighted by Gasteiger charge is -2.18. The van der Waals surface area contributed by atoms with E-state index in [-0.39, 0.29) is 5.91 Å². The molecule has 144 valence electrons. The first kappa shape index (κ1) is 19.7. The molecule has 1 aliphatic rings. The topological polar surface area (TPSA) is 41.6 Å². The maximum absolute atomic E-state index is 12.5. The van der Waals surface area contributed by atoms with E-state index in [1.165, 1.54) is 31.5 Å². The number of likely N-dealkylation sites (tertiary alicyclic amines) is 1. The number of nitrogens with one attached hydrogen (secondary N) is 1. The minimum Gasteiger partial charge on any atom is -0.481 e. The van der Waals surface area contributed by atoms with E-state index in [1.54, 1.807) is 12.1 Å². The fourth-order valence-electron chi connectivity index (χ4n) is 3.37. The molecule has 4 nitrogen and oxygen atoms in total. The highest BCUT2D eigenvalue weighted by molar-refractivity contribution is 6.30. The van der Waals surface area contributed by atoms with Crippen LogP contribution in [-0.2, 0) is 17.9 Å². The largest absolute Gasteiger partial charge is 0.481 e. The van der Waals surface area contributed by atoms with Crippen LogP contribution in [0.4, 0.5) is 0 Å². The second kappa shape index (κ2) is 9.77. The fourth-order valence-corrected chi connectivity index (χ4v) is 3.55. The second-order valence-corrected chi connectivity index (χ2v) is 7.43. The smallest absolute Gasteiger partial charge is 0.261 e. The van der Waals surface area contributed by atoms with Crippen molar-refractivity contribution in [1.82, 2.24) is 10.2 Å². The van der Waals surface area contributed by atoms with Crippen molar-refractivity contribution in [2.24, 2.45) is 0 Å². The average molecular weight is 387 g/mol. The molecular weight excluding hydrogens is 360 g/mol. The van der Waals surface area contributed by atoms with Crippen LogP contribution in [0.15, 0.2) is 48.5 Å². The SMILES string of the molecule is CC[C@H](Oc1cccc(Cl)c1)C(=O)NCc1cccc(CN2CCCC2)c1. The van der Waals surface area contributed by atoms with Gasteiger partial charge >= 0.3 is 0 Å². The zero-order valence-electron chi connectivity index (χ0n) is 15.8. The van der Waals surface area contributed by atoms with E-state index in [0.29, 0.717) is 23.7 Å². The van der Waals surface area contributed by atoms with Gasteiger partial charge in [-0.1, -0.05) is 48.9 Å². The van der Waals surface area contributed by atoms with Gasteiger partial charge in [-0.2, -0.15) is 0 Å². The van der Waals surface area contributed by atoms with Gasteiger partial charge in [-0.25, -0.2) is 0 Å². The first-order valence-corrected chi connectivity index (χ1v) is 10.0. The molecule has 0 bridgehead atoms. The molecule has 1 aliphatic heterocycles. The Kier molecular flexibility index (Phi) is 7.13. The molecule has 1 amide bonds. The summed E-state index contributed by atoms with van der Waals surface area (Å²) < 4.78 is 5.80. The number of ether oxygens (including phenoxy) is 1. The minimum atomic E-state index is -0.531. The first-order valence-electron chi connectivity index (χ1n) is 9.64. The van der Waals surface area contributed by atoms with Gasteiger partial charge in [0.15, 0.2) is 6.10 Å². The third-order valence-corrected chi connectivity index (χ3v) is 5.04. The molecule has 2 aromatic carbocycles. The lowest BCUT2D eigenvalue weighted by molar-refractivity contribution is -0.128. The van der Waals surface area contributed by atoms with Gasteiger partial charge in [0, 0.05) is 18.1 Å². The third-order valence-electron chi connectivity index (χ3n) is 4.80. The van der Waals surface area contributed by atoms with Crippen molar-refractivity contribution in [1.29, 1.82) is 0 Å². The third kappa shape index (κ3) is 5.98. The molecule has 1 atom stereocenters. The summed E-state index contributed by atoms with van der Waals surface area (Å²) in [6, 6.07) is 15.6. The molecule has 5 heteroatoms. The van der Waals surface area contributed by atoms with Crippen LogP contribution in [0.3, 0.4) is 0 Å². The van der Waals surface area contributed by atoms with Crippen molar-refractivity contribution in [3.63, 3.8) is 0 Å². The number of amides is 1. The second-order valence-electron chi connectivity index (χ2n) is 6.99.